The number of hydrogen-bond donors (Lipinski definition) is 0. The van der Waals surface area contributed by atoms with Gasteiger partial charge in [-0.25, -0.2) is 4.98 Å². The van der Waals surface area contributed by atoms with Crippen molar-refractivity contribution in [1.29, 1.82) is 0 Å². The molecule has 2 aromatic rings. The summed E-state index contributed by atoms with van der Waals surface area (Å²) in [6.07, 6.45) is -2.51. The molecule has 2 fully saturated rings. The summed E-state index contributed by atoms with van der Waals surface area (Å²) >= 11 is 0. The van der Waals surface area contributed by atoms with Gasteiger partial charge in [0.2, 0.25) is 0 Å². The lowest BCUT2D eigenvalue weighted by Crippen LogP contribution is -2.47. The van der Waals surface area contributed by atoms with E-state index in [-0.39, 0.29) is 5.78 Å². The number of likely N-dealkylation sites (tertiary alicyclic amines) is 1. The fourth-order valence-corrected chi connectivity index (χ4v) is 4.38. The lowest BCUT2D eigenvalue weighted by molar-refractivity contribution is -0.137. The fraction of sp³-hybridized carbons (Fsp3) is 0.440. The molecule has 0 atom stereocenters. The molecule has 0 spiro atoms. The Kier molecular flexibility index (Phi) is 6.59. The number of ether oxygens (including phenoxy) is 1. The topological polar surface area (TPSA) is 45.7 Å². The predicted octanol–water partition coefficient (Wildman–Crippen LogP) is 4.43. The number of piperidine rings is 1. The van der Waals surface area contributed by atoms with E-state index in [1.165, 1.54) is 12.1 Å². The lowest BCUT2D eigenvalue weighted by Gasteiger charge is -2.38. The van der Waals surface area contributed by atoms with Gasteiger partial charge in [-0.1, -0.05) is 32.0 Å². The number of nitrogens with zero attached hydrogens (tertiary/aromatic N) is 3. The molecular weight excluding hydrogens is 431 g/mol. The van der Waals surface area contributed by atoms with Crippen molar-refractivity contribution in [3.8, 4) is 0 Å². The van der Waals surface area contributed by atoms with E-state index in [9.17, 15) is 18.0 Å². The molecule has 0 N–H and O–H groups in total. The van der Waals surface area contributed by atoms with Gasteiger partial charge >= 0.3 is 6.18 Å². The first-order valence-electron chi connectivity index (χ1n) is 11.1. The molecule has 0 radical (unpaired) electrons. The van der Waals surface area contributed by atoms with Crippen LogP contribution in [0.5, 0.6) is 0 Å². The maximum Gasteiger partial charge on any atom is 0.416 e. The summed E-state index contributed by atoms with van der Waals surface area (Å²) in [6, 6.07) is 11.0. The maximum atomic E-state index is 13.1. The van der Waals surface area contributed by atoms with Crippen LogP contribution in [-0.4, -0.2) is 55.1 Å². The number of rotatable bonds is 4. The van der Waals surface area contributed by atoms with E-state index in [2.05, 4.69) is 9.80 Å². The number of alkyl halides is 3. The molecule has 8 heteroatoms. The zero-order valence-electron chi connectivity index (χ0n) is 18.9. The van der Waals surface area contributed by atoms with E-state index in [4.69, 9.17) is 9.72 Å². The van der Waals surface area contributed by atoms with Gasteiger partial charge in [-0.05, 0) is 35.9 Å². The average molecular weight is 460 g/mol. The molecule has 3 heterocycles. The first kappa shape index (κ1) is 23.4. The second-order valence-corrected chi connectivity index (χ2v) is 9.24. The molecule has 0 aliphatic carbocycles. The monoisotopic (exact) mass is 459 g/mol. The van der Waals surface area contributed by atoms with Crippen LogP contribution in [0.4, 0.5) is 19.0 Å². The van der Waals surface area contributed by atoms with Gasteiger partial charge in [-0.15, -0.1) is 0 Å². The quantitative estimate of drug-likeness (QED) is 0.633. The van der Waals surface area contributed by atoms with Crippen LogP contribution in [0.1, 0.15) is 30.7 Å². The van der Waals surface area contributed by atoms with E-state index in [1.807, 2.05) is 38.1 Å². The third kappa shape index (κ3) is 5.62. The average Bonchev–Trinajstić information content (AvgIpc) is 2.77. The van der Waals surface area contributed by atoms with Gasteiger partial charge in [0, 0.05) is 43.7 Å². The molecule has 2 saturated heterocycles. The van der Waals surface area contributed by atoms with E-state index < -0.39 is 17.2 Å². The first-order valence-corrected chi connectivity index (χ1v) is 11.1. The van der Waals surface area contributed by atoms with E-state index in [1.54, 1.807) is 0 Å². The van der Waals surface area contributed by atoms with E-state index in [0.29, 0.717) is 38.4 Å². The number of carbonyl (C=O) groups excluding carboxylic acids is 1. The van der Waals surface area contributed by atoms with Crippen molar-refractivity contribution in [2.75, 3.05) is 44.3 Å². The minimum atomic E-state index is -4.35. The maximum absolute atomic E-state index is 13.1. The summed E-state index contributed by atoms with van der Waals surface area (Å²) in [5.41, 5.74) is 0.893. The normalized spacial score (nSPS) is 20.9. The predicted molar refractivity (Wildman–Crippen MR) is 121 cm³/mol. The second-order valence-electron chi connectivity index (χ2n) is 9.24. The number of halogens is 3. The van der Waals surface area contributed by atoms with Crippen LogP contribution < -0.4 is 4.90 Å². The van der Waals surface area contributed by atoms with Crippen molar-refractivity contribution in [3.05, 3.63) is 64.9 Å². The SMILES string of the molecule is CC1(C)CN(Cc2ccc(C(F)(F)F)cc2)C/C(=C/c2cccc(N3CCOCC3)n2)C1=O. The number of pyridine rings is 1. The first-order chi connectivity index (χ1) is 15.6. The van der Waals surface area contributed by atoms with Crippen LogP contribution in [-0.2, 0) is 22.3 Å². The molecule has 33 heavy (non-hydrogen) atoms. The van der Waals surface area contributed by atoms with Gasteiger partial charge in [0.15, 0.2) is 5.78 Å². The number of anilines is 1. The Morgan fingerprint density at radius 2 is 1.79 bits per heavy atom. The minimum Gasteiger partial charge on any atom is -0.378 e. The summed E-state index contributed by atoms with van der Waals surface area (Å²) < 4.78 is 44.0. The smallest absolute Gasteiger partial charge is 0.378 e. The molecule has 4 rings (SSSR count). The molecule has 0 saturated carbocycles. The Bertz CT molecular complexity index is 1030. The summed E-state index contributed by atoms with van der Waals surface area (Å²) in [6.45, 7) is 8.11. The third-order valence-corrected chi connectivity index (χ3v) is 6.02. The minimum absolute atomic E-state index is 0.0738. The van der Waals surface area contributed by atoms with Crippen molar-refractivity contribution in [2.24, 2.45) is 5.41 Å². The fourth-order valence-electron chi connectivity index (χ4n) is 4.38. The van der Waals surface area contributed by atoms with Gasteiger partial charge in [0.25, 0.3) is 0 Å². The molecule has 2 aliphatic rings. The Hall–Kier alpha value is -2.71. The number of hydrogen-bond acceptors (Lipinski definition) is 5. The van der Waals surface area contributed by atoms with Crippen LogP contribution in [0, 0.1) is 5.41 Å². The molecule has 5 nitrogen and oxygen atoms in total. The van der Waals surface area contributed by atoms with Gasteiger partial charge in [0.05, 0.1) is 24.5 Å². The highest BCUT2D eigenvalue weighted by Gasteiger charge is 2.37. The zero-order valence-corrected chi connectivity index (χ0v) is 18.9. The number of benzene rings is 1. The van der Waals surface area contributed by atoms with Gasteiger partial charge in [-0.2, -0.15) is 13.2 Å². The molecule has 0 bridgehead atoms. The Labute approximate surface area is 191 Å². The van der Waals surface area contributed by atoms with Crippen molar-refractivity contribution in [3.63, 3.8) is 0 Å². The second kappa shape index (κ2) is 9.27. The lowest BCUT2D eigenvalue weighted by atomic mass is 9.79. The van der Waals surface area contributed by atoms with Crippen molar-refractivity contribution < 1.29 is 22.7 Å². The molecular formula is C25H28F3N3O2. The standard InChI is InChI=1S/C25H28F3N3O2/c1-24(2)17-30(15-18-6-8-20(9-7-18)25(26,27)28)16-19(23(24)32)14-21-4-3-5-22(29-21)31-10-12-33-13-11-31/h3-9,14H,10-13,15-17H2,1-2H3/b19-14-. The van der Waals surface area contributed by atoms with E-state index in [0.717, 1.165) is 42.3 Å². The largest absolute Gasteiger partial charge is 0.416 e. The molecule has 0 amide bonds. The van der Waals surface area contributed by atoms with Gasteiger partial charge in [-0.3, -0.25) is 9.69 Å². The highest BCUT2D eigenvalue weighted by molar-refractivity contribution is 6.04. The number of morpholine rings is 1. The Morgan fingerprint density at radius 3 is 2.45 bits per heavy atom. The molecule has 0 unspecified atom stereocenters. The van der Waals surface area contributed by atoms with Crippen molar-refractivity contribution in [2.45, 2.75) is 26.6 Å². The Morgan fingerprint density at radius 1 is 1.09 bits per heavy atom. The van der Waals surface area contributed by atoms with Crippen LogP contribution in [0.15, 0.2) is 48.0 Å². The number of aromatic nitrogens is 1. The van der Waals surface area contributed by atoms with Crippen LogP contribution in [0.2, 0.25) is 0 Å². The van der Waals surface area contributed by atoms with Crippen LogP contribution in [0.3, 0.4) is 0 Å². The summed E-state index contributed by atoms with van der Waals surface area (Å²) in [5, 5.41) is 0. The van der Waals surface area contributed by atoms with Crippen molar-refractivity contribution >= 4 is 17.7 Å². The number of carbonyl (C=O) groups is 1. The zero-order chi connectivity index (χ0) is 23.6. The number of Topliss-reactive ketones (excluding diaryl/α,β-unsaturated/α-hetero) is 1. The molecule has 1 aromatic heterocycles. The molecule has 2 aliphatic heterocycles. The highest BCUT2D eigenvalue weighted by atomic mass is 19.4. The summed E-state index contributed by atoms with van der Waals surface area (Å²) in [5.74, 6) is 0.932. The van der Waals surface area contributed by atoms with Crippen LogP contribution >= 0.6 is 0 Å². The van der Waals surface area contributed by atoms with Gasteiger partial charge < -0.3 is 9.64 Å². The Balaban J connectivity index is 1.53. The van der Waals surface area contributed by atoms with Gasteiger partial charge in [0.1, 0.15) is 5.82 Å². The summed E-state index contributed by atoms with van der Waals surface area (Å²) in [4.78, 5) is 22.1. The third-order valence-electron chi connectivity index (χ3n) is 6.02. The van der Waals surface area contributed by atoms with E-state index >= 15 is 0 Å². The van der Waals surface area contributed by atoms with Crippen molar-refractivity contribution in [1.82, 2.24) is 9.88 Å². The highest BCUT2D eigenvalue weighted by Crippen LogP contribution is 2.32. The number of ketones is 1. The summed E-state index contributed by atoms with van der Waals surface area (Å²) in [7, 11) is 0. The van der Waals surface area contributed by atoms with Crippen LogP contribution in [0.25, 0.3) is 6.08 Å². The molecule has 176 valence electrons. The molecule has 1 aromatic carbocycles.